The number of carboxylic acids is 1. The van der Waals surface area contributed by atoms with Crippen LogP contribution in [0, 0.1) is 0 Å². The van der Waals surface area contributed by atoms with Gasteiger partial charge in [-0.3, -0.25) is 0 Å². The van der Waals surface area contributed by atoms with Crippen molar-refractivity contribution in [2.75, 3.05) is 7.11 Å². The average molecular weight is 407 g/mol. The highest BCUT2D eigenvalue weighted by molar-refractivity contribution is 7.92. The minimum Gasteiger partial charge on any atom is -0.497 e. The number of aryl methyl sites for hydroxylation is 1. The molecule has 152 valence electrons. The zero-order valence-corrected chi connectivity index (χ0v) is 16.9. The number of carboxylic acid groups (broad SMARTS) is 1. The second kappa shape index (κ2) is 9.21. The number of hydrogen-bond donors (Lipinski definition) is 2. The van der Waals surface area contributed by atoms with Gasteiger partial charge in [0, 0.05) is 0 Å². The molecule has 2 unspecified atom stereocenters. The van der Waals surface area contributed by atoms with E-state index in [1.807, 2.05) is 30.3 Å². The van der Waals surface area contributed by atoms with Crippen LogP contribution in [0.3, 0.4) is 0 Å². The Morgan fingerprint density at radius 3 is 2.21 bits per heavy atom. The maximum atomic E-state index is 13.1. The first-order chi connectivity index (χ1) is 13.2. The van der Waals surface area contributed by atoms with Crippen LogP contribution in [0.15, 0.2) is 59.5 Å². The van der Waals surface area contributed by atoms with E-state index in [2.05, 4.69) is 0 Å². The van der Waals surface area contributed by atoms with Crippen molar-refractivity contribution in [3.05, 3.63) is 60.2 Å². The van der Waals surface area contributed by atoms with E-state index in [0.717, 1.165) is 18.9 Å². The highest BCUT2D eigenvalue weighted by atomic mass is 32.2. The molecule has 0 aliphatic rings. The number of aliphatic hydroxyl groups is 1. The number of carbonyl (C=O) groups is 1. The smallest absolute Gasteiger partial charge is 0.336 e. The number of methoxy groups -OCH3 is 1. The Hall–Kier alpha value is -2.38. The molecule has 0 aromatic heterocycles. The molecule has 0 amide bonds. The van der Waals surface area contributed by atoms with Crippen LogP contribution in [0.5, 0.6) is 5.75 Å². The maximum absolute atomic E-state index is 13.1. The summed E-state index contributed by atoms with van der Waals surface area (Å²) in [4.78, 5) is 11.5. The first kappa shape index (κ1) is 21.9. The van der Waals surface area contributed by atoms with Crippen LogP contribution in [0.1, 0.15) is 31.7 Å². The number of hydrogen-bond acceptors (Lipinski definition) is 5. The van der Waals surface area contributed by atoms with Crippen molar-refractivity contribution in [1.29, 1.82) is 0 Å². The Morgan fingerprint density at radius 2 is 1.68 bits per heavy atom. The normalized spacial score (nSPS) is 14.8. The van der Waals surface area contributed by atoms with Gasteiger partial charge in [0.2, 0.25) is 0 Å². The van der Waals surface area contributed by atoms with Crippen molar-refractivity contribution in [3.8, 4) is 5.75 Å². The molecule has 2 aromatic rings. The summed E-state index contributed by atoms with van der Waals surface area (Å²) in [7, 11) is -2.59. The molecule has 2 aromatic carbocycles. The molecule has 0 spiro atoms. The fraction of sp³-hybridized carbons (Fsp3) is 0.381. The summed E-state index contributed by atoms with van der Waals surface area (Å²) in [6.45, 7) is 1.04. The lowest BCUT2D eigenvalue weighted by atomic mass is 9.96. The molecular weight excluding hydrogens is 380 g/mol. The van der Waals surface area contributed by atoms with E-state index in [9.17, 15) is 23.4 Å². The van der Waals surface area contributed by atoms with Crippen molar-refractivity contribution >= 4 is 15.8 Å². The Bertz CT molecular complexity index is 873. The number of sulfone groups is 1. The highest BCUT2D eigenvalue weighted by Crippen LogP contribution is 2.30. The van der Waals surface area contributed by atoms with E-state index in [1.54, 1.807) is 0 Å². The topological polar surface area (TPSA) is 101 Å². The van der Waals surface area contributed by atoms with Gasteiger partial charge < -0.3 is 14.9 Å². The van der Waals surface area contributed by atoms with E-state index < -0.39 is 26.7 Å². The summed E-state index contributed by atoms with van der Waals surface area (Å²) in [6, 6.07) is 15.5. The molecule has 0 bridgehead atoms. The molecule has 6 nitrogen and oxygen atoms in total. The molecule has 2 atom stereocenters. The third-order valence-electron chi connectivity index (χ3n) is 4.85. The first-order valence-corrected chi connectivity index (χ1v) is 10.6. The third-order valence-corrected chi connectivity index (χ3v) is 7.22. The van der Waals surface area contributed by atoms with Gasteiger partial charge in [0.1, 0.15) is 11.0 Å². The van der Waals surface area contributed by atoms with Crippen molar-refractivity contribution in [3.63, 3.8) is 0 Å². The van der Waals surface area contributed by atoms with Crippen LogP contribution in [0.4, 0.5) is 0 Å². The van der Waals surface area contributed by atoms with Gasteiger partial charge >= 0.3 is 5.97 Å². The molecule has 0 saturated carbocycles. The summed E-state index contributed by atoms with van der Waals surface area (Å²) in [5.41, 5.74) is -1.27. The summed E-state index contributed by atoms with van der Waals surface area (Å²) >= 11 is 0. The number of unbranched alkanes of at least 4 members (excludes halogenated alkanes) is 1. The van der Waals surface area contributed by atoms with Gasteiger partial charge in [0.25, 0.3) is 0 Å². The van der Waals surface area contributed by atoms with Crippen LogP contribution >= 0.6 is 0 Å². The lowest BCUT2D eigenvalue weighted by molar-refractivity contribution is -0.156. The monoisotopic (exact) mass is 406 g/mol. The summed E-state index contributed by atoms with van der Waals surface area (Å²) in [5.74, 6) is -1.07. The molecule has 0 heterocycles. The summed E-state index contributed by atoms with van der Waals surface area (Å²) in [6.07, 6.45) is 1.96. The Morgan fingerprint density at radius 1 is 1.07 bits per heavy atom. The predicted octanol–water partition coefficient (Wildman–Crippen LogP) is 3.09. The quantitative estimate of drug-likeness (QED) is 0.588. The number of ether oxygens (including phenoxy) is 1. The second-order valence-corrected chi connectivity index (χ2v) is 9.02. The molecule has 0 fully saturated rings. The van der Waals surface area contributed by atoms with Crippen LogP contribution < -0.4 is 4.74 Å². The third kappa shape index (κ3) is 5.11. The zero-order valence-electron chi connectivity index (χ0n) is 16.0. The van der Waals surface area contributed by atoms with Gasteiger partial charge in [0.05, 0.1) is 12.0 Å². The zero-order chi connectivity index (χ0) is 20.8. The lowest BCUT2D eigenvalue weighted by Crippen LogP contribution is -2.50. The maximum Gasteiger partial charge on any atom is 0.336 e. The Balaban J connectivity index is 2.19. The number of rotatable bonds is 10. The molecule has 28 heavy (non-hydrogen) atoms. The van der Waals surface area contributed by atoms with E-state index >= 15 is 0 Å². The van der Waals surface area contributed by atoms with Gasteiger partial charge in [-0.05, 0) is 56.0 Å². The standard InChI is InChI=1S/C21H26O6S/c1-21(24,20(22)23)19(11-7-6-10-16-8-4-3-5-9-16)28(25,26)18-14-12-17(27-2)13-15-18/h3-5,8-9,12-15,19,24H,6-7,10-11H2,1-2H3,(H,22,23). The van der Waals surface area contributed by atoms with Crippen molar-refractivity contribution in [1.82, 2.24) is 0 Å². The molecule has 2 N–H and O–H groups in total. The average Bonchev–Trinajstić information content (AvgIpc) is 2.68. The number of benzene rings is 2. The van der Waals surface area contributed by atoms with Gasteiger partial charge in [0.15, 0.2) is 15.4 Å². The van der Waals surface area contributed by atoms with Crippen LogP contribution in [-0.4, -0.2) is 42.6 Å². The first-order valence-electron chi connectivity index (χ1n) is 9.07. The van der Waals surface area contributed by atoms with E-state index in [1.165, 1.54) is 31.4 Å². The van der Waals surface area contributed by atoms with E-state index in [0.29, 0.717) is 18.6 Å². The molecule has 0 saturated heterocycles. The summed E-state index contributed by atoms with van der Waals surface area (Å²) < 4.78 is 31.2. The van der Waals surface area contributed by atoms with Gasteiger partial charge in [-0.25, -0.2) is 13.2 Å². The van der Waals surface area contributed by atoms with E-state index in [4.69, 9.17) is 4.74 Å². The predicted molar refractivity (Wildman–Crippen MR) is 106 cm³/mol. The Labute approximate surface area is 165 Å². The molecule has 7 heteroatoms. The van der Waals surface area contributed by atoms with Gasteiger partial charge in [-0.2, -0.15) is 0 Å². The van der Waals surface area contributed by atoms with Gasteiger partial charge in [-0.15, -0.1) is 0 Å². The molecular formula is C21H26O6S. The molecule has 0 aliphatic heterocycles. The SMILES string of the molecule is COc1ccc(S(=O)(=O)C(CCCCc2ccccc2)C(C)(O)C(=O)O)cc1. The van der Waals surface area contributed by atoms with Crippen molar-refractivity contribution in [2.45, 2.75) is 48.4 Å². The number of aliphatic carboxylic acids is 1. The van der Waals surface area contributed by atoms with E-state index in [-0.39, 0.29) is 11.3 Å². The minimum atomic E-state index is -4.06. The van der Waals surface area contributed by atoms with Gasteiger partial charge in [-0.1, -0.05) is 36.8 Å². The van der Waals surface area contributed by atoms with Crippen molar-refractivity contribution < 1.29 is 28.2 Å². The minimum absolute atomic E-state index is 0.0390. The van der Waals surface area contributed by atoms with Crippen LogP contribution in [0.2, 0.25) is 0 Å². The fourth-order valence-electron chi connectivity index (χ4n) is 3.11. The van der Waals surface area contributed by atoms with Crippen LogP contribution in [0.25, 0.3) is 0 Å². The Kier molecular flexibility index (Phi) is 7.21. The summed E-state index contributed by atoms with van der Waals surface area (Å²) in [5, 5.41) is 18.4. The van der Waals surface area contributed by atoms with Crippen LogP contribution in [-0.2, 0) is 21.1 Å². The highest BCUT2D eigenvalue weighted by Gasteiger charge is 2.47. The largest absolute Gasteiger partial charge is 0.497 e. The second-order valence-electron chi connectivity index (χ2n) is 6.89. The molecule has 2 rings (SSSR count). The lowest BCUT2D eigenvalue weighted by Gasteiger charge is -2.29. The molecule has 0 aliphatic carbocycles. The molecule has 0 radical (unpaired) electrons. The van der Waals surface area contributed by atoms with Crippen molar-refractivity contribution in [2.24, 2.45) is 0 Å². The fourth-order valence-corrected chi connectivity index (χ4v) is 5.14.